The van der Waals surface area contributed by atoms with E-state index in [4.69, 9.17) is 19.8 Å². The van der Waals surface area contributed by atoms with Crippen LogP contribution in [-0.4, -0.2) is 23.8 Å². The molecule has 1 heterocycles. The predicted molar refractivity (Wildman–Crippen MR) is 53.3 cm³/mol. The minimum Gasteiger partial charge on any atom is -0.485 e. The second-order valence-electron chi connectivity index (χ2n) is 3.34. The van der Waals surface area contributed by atoms with Crippen LogP contribution >= 0.6 is 0 Å². The molecular weight excluding hydrogens is 210 g/mol. The molecule has 1 aromatic carbocycles. The average molecular weight is 219 g/mol. The third-order valence-corrected chi connectivity index (χ3v) is 2.25. The third-order valence-electron chi connectivity index (χ3n) is 2.25. The van der Waals surface area contributed by atoms with Crippen LogP contribution in [-0.2, 0) is 11.2 Å². The molecule has 0 radical (unpaired) electrons. The summed E-state index contributed by atoms with van der Waals surface area (Å²) < 4.78 is 10.6. The van der Waals surface area contributed by atoms with Crippen molar-refractivity contribution in [2.24, 2.45) is 0 Å². The molecule has 5 nitrogen and oxygen atoms in total. The maximum atomic E-state index is 10.7. The lowest BCUT2D eigenvalue weighted by Crippen LogP contribution is -2.36. The Hall–Kier alpha value is -2.22. The lowest BCUT2D eigenvalue weighted by molar-refractivity contribution is -0.147. The van der Waals surface area contributed by atoms with Gasteiger partial charge < -0.3 is 14.6 Å². The number of carboxylic acid groups (broad SMARTS) is 1. The maximum absolute atomic E-state index is 10.7. The minimum absolute atomic E-state index is 0.0369. The van der Waals surface area contributed by atoms with E-state index >= 15 is 0 Å². The SMILES string of the molecule is N#CCc1cccc2c1OCC(C(=O)O)O2. The average Bonchev–Trinajstić information content (AvgIpc) is 2.29. The Morgan fingerprint density at radius 1 is 1.62 bits per heavy atom. The zero-order valence-corrected chi connectivity index (χ0v) is 8.34. The first-order valence-electron chi connectivity index (χ1n) is 4.73. The van der Waals surface area contributed by atoms with Gasteiger partial charge in [-0.2, -0.15) is 5.26 Å². The van der Waals surface area contributed by atoms with Crippen molar-refractivity contribution in [1.82, 2.24) is 0 Å². The van der Waals surface area contributed by atoms with Crippen LogP contribution in [0.15, 0.2) is 18.2 Å². The Kier molecular flexibility index (Phi) is 2.64. The number of fused-ring (bicyclic) bond motifs is 1. The number of nitrogens with zero attached hydrogens (tertiary/aromatic N) is 1. The molecule has 0 saturated carbocycles. The summed E-state index contributed by atoms with van der Waals surface area (Å²) in [7, 11) is 0. The second-order valence-corrected chi connectivity index (χ2v) is 3.34. The molecule has 0 saturated heterocycles. The summed E-state index contributed by atoms with van der Waals surface area (Å²) in [6.45, 7) is -0.0369. The molecule has 1 aromatic rings. The topological polar surface area (TPSA) is 79.5 Å². The maximum Gasteiger partial charge on any atom is 0.348 e. The van der Waals surface area contributed by atoms with Gasteiger partial charge in [-0.3, -0.25) is 0 Å². The lowest BCUT2D eigenvalue weighted by atomic mass is 10.1. The fourth-order valence-electron chi connectivity index (χ4n) is 1.51. The van der Waals surface area contributed by atoms with E-state index in [1.165, 1.54) is 0 Å². The van der Waals surface area contributed by atoms with E-state index in [1.807, 2.05) is 6.07 Å². The minimum atomic E-state index is -1.06. The first-order chi connectivity index (χ1) is 7.72. The molecule has 0 bridgehead atoms. The molecule has 82 valence electrons. The summed E-state index contributed by atoms with van der Waals surface area (Å²) in [5.74, 6) is -0.204. The van der Waals surface area contributed by atoms with Crippen molar-refractivity contribution in [2.45, 2.75) is 12.5 Å². The number of carboxylic acids is 1. The van der Waals surface area contributed by atoms with Gasteiger partial charge in [-0.1, -0.05) is 12.1 Å². The van der Waals surface area contributed by atoms with E-state index in [-0.39, 0.29) is 13.0 Å². The van der Waals surface area contributed by atoms with E-state index in [1.54, 1.807) is 18.2 Å². The van der Waals surface area contributed by atoms with E-state index in [9.17, 15) is 4.79 Å². The molecule has 1 N–H and O–H groups in total. The standard InChI is InChI=1S/C11H9NO4/c12-5-4-7-2-1-3-8-10(7)15-6-9(16-8)11(13)14/h1-3,9H,4,6H2,(H,13,14). The number of hydrogen-bond donors (Lipinski definition) is 1. The van der Waals surface area contributed by atoms with E-state index in [2.05, 4.69) is 0 Å². The molecule has 1 unspecified atom stereocenters. The Morgan fingerprint density at radius 2 is 2.44 bits per heavy atom. The molecular formula is C11H9NO4. The highest BCUT2D eigenvalue weighted by atomic mass is 16.6. The summed E-state index contributed by atoms with van der Waals surface area (Å²) in [5, 5.41) is 17.4. The first kappa shape index (κ1) is 10.3. The van der Waals surface area contributed by atoms with Crippen LogP contribution in [0.3, 0.4) is 0 Å². The molecule has 0 amide bonds. The van der Waals surface area contributed by atoms with E-state index in [0.717, 1.165) is 0 Å². The van der Waals surface area contributed by atoms with Crippen molar-refractivity contribution in [3.8, 4) is 17.6 Å². The van der Waals surface area contributed by atoms with Crippen molar-refractivity contribution in [3.63, 3.8) is 0 Å². The number of para-hydroxylation sites is 1. The Morgan fingerprint density at radius 3 is 3.12 bits per heavy atom. The monoisotopic (exact) mass is 219 g/mol. The summed E-state index contributed by atoms with van der Waals surface area (Å²) in [6.07, 6.45) is -0.769. The summed E-state index contributed by atoms with van der Waals surface area (Å²) >= 11 is 0. The van der Waals surface area contributed by atoms with Gasteiger partial charge in [0.2, 0.25) is 6.10 Å². The summed E-state index contributed by atoms with van der Waals surface area (Å²) in [4.78, 5) is 10.7. The first-order valence-corrected chi connectivity index (χ1v) is 4.73. The van der Waals surface area contributed by atoms with Crippen LogP contribution in [0.4, 0.5) is 0 Å². The zero-order chi connectivity index (χ0) is 11.5. The molecule has 1 aliphatic heterocycles. The van der Waals surface area contributed by atoms with E-state index in [0.29, 0.717) is 17.1 Å². The molecule has 0 spiro atoms. The molecule has 1 atom stereocenters. The van der Waals surface area contributed by atoms with E-state index < -0.39 is 12.1 Å². The number of hydrogen-bond acceptors (Lipinski definition) is 4. The molecule has 16 heavy (non-hydrogen) atoms. The number of ether oxygens (including phenoxy) is 2. The summed E-state index contributed by atoms with van der Waals surface area (Å²) in [5.41, 5.74) is 0.712. The van der Waals surface area contributed by atoms with Crippen LogP contribution in [0.5, 0.6) is 11.5 Å². The predicted octanol–water partition coefficient (Wildman–Crippen LogP) is 0.977. The van der Waals surface area contributed by atoms with Gasteiger partial charge in [-0.05, 0) is 6.07 Å². The van der Waals surface area contributed by atoms with Crippen LogP contribution in [0, 0.1) is 11.3 Å². The van der Waals surface area contributed by atoms with Gasteiger partial charge in [0.15, 0.2) is 11.5 Å². The van der Waals surface area contributed by atoms with Gasteiger partial charge in [0, 0.05) is 5.56 Å². The van der Waals surface area contributed by atoms with Crippen molar-refractivity contribution in [3.05, 3.63) is 23.8 Å². The van der Waals surface area contributed by atoms with Crippen molar-refractivity contribution >= 4 is 5.97 Å². The number of carbonyl (C=O) groups is 1. The second kappa shape index (κ2) is 4.11. The lowest BCUT2D eigenvalue weighted by Gasteiger charge is -2.25. The Bertz CT molecular complexity index is 464. The van der Waals surface area contributed by atoms with Gasteiger partial charge >= 0.3 is 5.97 Å². The third kappa shape index (κ3) is 1.77. The molecule has 0 fully saturated rings. The number of benzene rings is 1. The Balaban J connectivity index is 2.31. The highest BCUT2D eigenvalue weighted by molar-refractivity contribution is 5.73. The number of rotatable bonds is 2. The quantitative estimate of drug-likeness (QED) is 0.801. The van der Waals surface area contributed by atoms with Gasteiger partial charge in [0.05, 0.1) is 12.5 Å². The van der Waals surface area contributed by atoms with Crippen molar-refractivity contribution < 1.29 is 19.4 Å². The fourth-order valence-corrected chi connectivity index (χ4v) is 1.51. The molecule has 5 heteroatoms. The van der Waals surface area contributed by atoms with Gasteiger partial charge in [-0.25, -0.2) is 4.79 Å². The fraction of sp³-hybridized carbons (Fsp3) is 0.273. The van der Waals surface area contributed by atoms with Crippen molar-refractivity contribution in [2.75, 3.05) is 6.61 Å². The molecule has 2 rings (SSSR count). The van der Waals surface area contributed by atoms with Crippen LogP contribution in [0.25, 0.3) is 0 Å². The van der Waals surface area contributed by atoms with Gasteiger partial charge in [0.1, 0.15) is 6.61 Å². The normalized spacial score (nSPS) is 17.6. The van der Waals surface area contributed by atoms with Crippen LogP contribution in [0.1, 0.15) is 5.56 Å². The van der Waals surface area contributed by atoms with Crippen LogP contribution < -0.4 is 9.47 Å². The highest BCUT2D eigenvalue weighted by Crippen LogP contribution is 2.35. The molecule has 0 aromatic heterocycles. The number of nitriles is 1. The molecule has 0 aliphatic carbocycles. The largest absolute Gasteiger partial charge is 0.485 e. The zero-order valence-electron chi connectivity index (χ0n) is 8.34. The Labute approximate surface area is 91.8 Å². The van der Waals surface area contributed by atoms with Gasteiger partial charge in [-0.15, -0.1) is 0 Å². The highest BCUT2D eigenvalue weighted by Gasteiger charge is 2.28. The summed E-state index contributed by atoms with van der Waals surface area (Å²) in [6, 6.07) is 7.11. The smallest absolute Gasteiger partial charge is 0.348 e. The van der Waals surface area contributed by atoms with Crippen LogP contribution in [0.2, 0.25) is 0 Å². The van der Waals surface area contributed by atoms with Crippen molar-refractivity contribution in [1.29, 1.82) is 5.26 Å². The number of aliphatic carboxylic acids is 1. The van der Waals surface area contributed by atoms with Gasteiger partial charge in [0.25, 0.3) is 0 Å². The molecule has 1 aliphatic rings.